The van der Waals surface area contributed by atoms with E-state index in [0.717, 1.165) is 0 Å². The Labute approximate surface area is 78.9 Å². The van der Waals surface area contributed by atoms with Crippen molar-refractivity contribution in [2.24, 2.45) is 7.05 Å². The third-order valence-corrected chi connectivity index (χ3v) is 1.30. The lowest BCUT2D eigenvalue weighted by Crippen LogP contribution is -2.09. The SMILES string of the molecule is CC.CCC(=O)Nc1ccn(C)n1. The minimum absolute atomic E-state index is 0.0105. The van der Waals surface area contributed by atoms with E-state index in [1.807, 2.05) is 20.9 Å². The van der Waals surface area contributed by atoms with Gasteiger partial charge >= 0.3 is 0 Å². The predicted molar refractivity (Wildman–Crippen MR) is 53.5 cm³/mol. The van der Waals surface area contributed by atoms with Crippen molar-refractivity contribution in [3.8, 4) is 0 Å². The topological polar surface area (TPSA) is 46.9 Å². The van der Waals surface area contributed by atoms with Crippen LogP contribution in [0.3, 0.4) is 0 Å². The summed E-state index contributed by atoms with van der Waals surface area (Å²) in [6.07, 6.45) is 2.27. The van der Waals surface area contributed by atoms with Gasteiger partial charge in [0, 0.05) is 25.7 Å². The number of aromatic nitrogens is 2. The lowest BCUT2D eigenvalue weighted by atomic mass is 10.4. The first-order valence-electron chi connectivity index (χ1n) is 4.52. The molecule has 1 aromatic heterocycles. The summed E-state index contributed by atoms with van der Waals surface area (Å²) in [6, 6.07) is 1.76. The lowest BCUT2D eigenvalue weighted by Gasteiger charge is -1.96. The van der Waals surface area contributed by atoms with Crippen LogP contribution in [0.2, 0.25) is 0 Å². The number of amides is 1. The van der Waals surface area contributed by atoms with Crippen molar-refractivity contribution < 1.29 is 4.79 Å². The first-order chi connectivity index (χ1) is 6.22. The fourth-order valence-corrected chi connectivity index (χ4v) is 0.713. The van der Waals surface area contributed by atoms with Crippen LogP contribution in [-0.4, -0.2) is 15.7 Å². The molecular formula is C9H17N3O. The number of nitrogens with one attached hydrogen (secondary N) is 1. The Kier molecular flexibility index (Phi) is 5.59. The maximum absolute atomic E-state index is 10.8. The second kappa shape index (κ2) is 6.22. The number of carbonyl (C=O) groups excluding carboxylic acids is 1. The molecule has 0 aliphatic rings. The van der Waals surface area contributed by atoms with Gasteiger partial charge in [0.25, 0.3) is 0 Å². The zero-order chi connectivity index (χ0) is 10.3. The first-order valence-corrected chi connectivity index (χ1v) is 4.52. The van der Waals surface area contributed by atoms with Gasteiger partial charge in [-0.1, -0.05) is 20.8 Å². The van der Waals surface area contributed by atoms with Crippen LogP contribution in [0.15, 0.2) is 12.3 Å². The van der Waals surface area contributed by atoms with Crippen molar-refractivity contribution in [3.63, 3.8) is 0 Å². The van der Waals surface area contributed by atoms with E-state index in [0.29, 0.717) is 12.2 Å². The quantitative estimate of drug-likeness (QED) is 0.759. The number of hydrogen-bond donors (Lipinski definition) is 1. The maximum Gasteiger partial charge on any atom is 0.225 e. The minimum Gasteiger partial charge on any atom is -0.309 e. The molecule has 4 heteroatoms. The molecule has 1 heterocycles. The summed E-state index contributed by atoms with van der Waals surface area (Å²) in [4.78, 5) is 10.8. The molecule has 0 radical (unpaired) electrons. The number of anilines is 1. The largest absolute Gasteiger partial charge is 0.309 e. The molecule has 0 aromatic carbocycles. The number of aryl methyl sites for hydroxylation is 1. The van der Waals surface area contributed by atoms with Crippen LogP contribution in [0.5, 0.6) is 0 Å². The first kappa shape index (κ1) is 11.7. The van der Waals surface area contributed by atoms with Gasteiger partial charge in [0.15, 0.2) is 5.82 Å². The van der Waals surface area contributed by atoms with Crippen LogP contribution in [-0.2, 0) is 11.8 Å². The summed E-state index contributed by atoms with van der Waals surface area (Å²) in [5.41, 5.74) is 0. The molecule has 0 spiro atoms. The van der Waals surface area contributed by atoms with Crippen molar-refractivity contribution in [2.75, 3.05) is 5.32 Å². The molecule has 0 aliphatic carbocycles. The van der Waals surface area contributed by atoms with Gasteiger partial charge in [-0.3, -0.25) is 9.48 Å². The maximum atomic E-state index is 10.8. The molecule has 0 aliphatic heterocycles. The number of carbonyl (C=O) groups is 1. The van der Waals surface area contributed by atoms with Gasteiger partial charge in [-0.2, -0.15) is 5.10 Å². The van der Waals surface area contributed by atoms with Crippen molar-refractivity contribution in [1.29, 1.82) is 0 Å². The van der Waals surface area contributed by atoms with Gasteiger partial charge < -0.3 is 5.32 Å². The smallest absolute Gasteiger partial charge is 0.225 e. The average Bonchev–Trinajstić information content (AvgIpc) is 2.54. The minimum atomic E-state index is -0.0105. The zero-order valence-corrected chi connectivity index (χ0v) is 8.66. The molecule has 4 nitrogen and oxygen atoms in total. The highest BCUT2D eigenvalue weighted by molar-refractivity contribution is 5.89. The Morgan fingerprint density at radius 1 is 1.62 bits per heavy atom. The van der Waals surface area contributed by atoms with Gasteiger partial charge in [-0.25, -0.2) is 0 Å². The van der Waals surface area contributed by atoms with E-state index >= 15 is 0 Å². The third-order valence-electron chi connectivity index (χ3n) is 1.30. The van der Waals surface area contributed by atoms with Crippen LogP contribution in [0, 0.1) is 0 Å². The summed E-state index contributed by atoms with van der Waals surface area (Å²) < 4.78 is 1.64. The second-order valence-corrected chi connectivity index (χ2v) is 2.28. The van der Waals surface area contributed by atoms with Crippen molar-refractivity contribution in [2.45, 2.75) is 27.2 Å². The average molecular weight is 183 g/mol. The molecule has 0 saturated carbocycles. The Balaban J connectivity index is 0.000000671. The molecule has 0 atom stereocenters. The van der Waals surface area contributed by atoms with Crippen molar-refractivity contribution >= 4 is 11.7 Å². The highest BCUT2D eigenvalue weighted by Crippen LogP contribution is 2.00. The third kappa shape index (κ3) is 4.30. The normalized spacial score (nSPS) is 8.62. The van der Waals surface area contributed by atoms with E-state index in [4.69, 9.17) is 0 Å². The molecule has 13 heavy (non-hydrogen) atoms. The molecule has 1 rings (SSSR count). The van der Waals surface area contributed by atoms with Crippen molar-refractivity contribution in [3.05, 3.63) is 12.3 Å². The Hall–Kier alpha value is -1.32. The number of hydrogen-bond acceptors (Lipinski definition) is 2. The molecule has 0 unspecified atom stereocenters. The van der Waals surface area contributed by atoms with Crippen molar-refractivity contribution in [1.82, 2.24) is 9.78 Å². The monoisotopic (exact) mass is 183 g/mol. The number of rotatable bonds is 2. The zero-order valence-electron chi connectivity index (χ0n) is 8.66. The summed E-state index contributed by atoms with van der Waals surface area (Å²) in [5.74, 6) is 0.600. The summed E-state index contributed by atoms with van der Waals surface area (Å²) in [7, 11) is 1.81. The number of nitrogens with zero attached hydrogens (tertiary/aromatic N) is 2. The van der Waals surface area contributed by atoms with Gasteiger partial charge in [-0.15, -0.1) is 0 Å². The van der Waals surface area contributed by atoms with Gasteiger partial charge in [-0.05, 0) is 0 Å². The van der Waals surface area contributed by atoms with Gasteiger partial charge in [0.1, 0.15) is 0 Å². The summed E-state index contributed by atoms with van der Waals surface area (Å²) in [5, 5.41) is 6.62. The van der Waals surface area contributed by atoms with E-state index in [1.165, 1.54) is 0 Å². The Morgan fingerprint density at radius 2 is 2.23 bits per heavy atom. The summed E-state index contributed by atoms with van der Waals surface area (Å²) in [6.45, 7) is 5.80. The van der Waals surface area contributed by atoms with E-state index in [9.17, 15) is 4.79 Å². The molecule has 74 valence electrons. The molecule has 0 bridgehead atoms. The highest BCUT2D eigenvalue weighted by Gasteiger charge is 1.99. The summed E-state index contributed by atoms with van der Waals surface area (Å²) >= 11 is 0. The van der Waals surface area contributed by atoms with E-state index in [2.05, 4.69) is 10.4 Å². The van der Waals surface area contributed by atoms with Crippen LogP contribution in [0.4, 0.5) is 5.82 Å². The van der Waals surface area contributed by atoms with E-state index in [-0.39, 0.29) is 5.91 Å². The fraction of sp³-hybridized carbons (Fsp3) is 0.556. The van der Waals surface area contributed by atoms with Crippen LogP contribution in [0.1, 0.15) is 27.2 Å². The second-order valence-electron chi connectivity index (χ2n) is 2.28. The standard InChI is InChI=1S/C7H11N3O.C2H6/c1-3-7(11)8-6-4-5-10(2)9-6;1-2/h4-5H,3H2,1-2H3,(H,8,9,11);1-2H3. The van der Waals surface area contributed by atoms with Crippen LogP contribution < -0.4 is 5.32 Å². The van der Waals surface area contributed by atoms with Crippen LogP contribution >= 0.6 is 0 Å². The molecule has 1 amide bonds. The predicted octanol–water partition coefficient (Wildman–Crippen LogP) is 1.79. The highest BCUT2D eigenvalue weighted by atomic mass is 16.1. The molecule has 1 N–H and O–H groups in total. The molecule has 0 fully saturated rings. The Bertz CT molecular complexity index is 255. The Morgan fingerprint density at radius 3 is 2.62 bits per heavy atom. The lowest BCUT2D eigenvalue weighted by molar-refractivity contribution is -0.115. The van der Waals surface area contributed by atoms with Gasteiger partial charge in [0.2, 0.25) is 5.91 Å². The van der Waals surface area contributed by atoms with E-state index < -0.39 is 0 Å². The van der Waals surface area contributed by atoms with Crippen LogP contribution in [0.25, 0.3) is 0 Å². The van der Waals surface area contributed by atoms with Gasteiger partial charge in [0.05, 0.1) is 0 Å². The molecular weight excluding hydrogens is 166 g/mol. The molecule has 0 saturated heterocycles. The molecule has 1 aromatic rings. The fourth-order valence-electron chi connectivity index (χ4n) is 0.713. The van der Waals surface area contributed by atoms with E-state index in [1.54, 1.807) is 23.9 Å².